The molecule has 0 unspecified atom stereocenters. The van der Waals surface area contributed by atoms with Crippen LogP contribution >= 0.6 is 0 Å². The zero-order chi connectivity index (χ0) is 10.8. The molecule has 0 saturated heterocycles. The molecule has 3 nitrogen and oxygen atoms in total. The van der Waals surface area contributed by atoms with Crippen LogP contribution in [0.2, 0.25) is 0 Å². The van der Waals surface area contributed by atoms with Crippen LogP contribution in [0.4, 0.5) is 4.39 Å². The second kappa shape index (κ2) is 3.65. The van der Waals surface area contributed by atoms with Crippen LogP contribution in [0.1, 0.15) is 17.3 Å². The van der Waals surface area contributed by atoms with E-state index >= 15 is 0 Å². The van der Waals surface area contributed by atoms with Crippen molar-refractivity contribution in [2.24, 2.45) is 0 Å². The van der Waals surface area contributed by atoms with E-state index in [9.17, 15) is 9.18 Å². The van der Waals surface area contributed by atoms with Crippen molar-refractivity contribution in [3.05, 3.63) is 48.3 Å². The zero-order valence-corrected chi connectivity index (χ0v) is 8.14. The number of hydrogen-bond acceptors (Lipinski definition) is 2. The molecular formula is C11H9FN2O. The minimum atomic E-state index is -0.430. The number of carbonyl (C=O) groups is 1. The summed E-state index contributed by atoms with van der Waals surface area (Å²) in [5, 5.41) is 0. The van der Waals surface area contributed by atoms with Gasteiger partial charge in [0, 0.05) is 18.0 Å². The molecule has 1 heterocycles. The molecule has 0 aliphatic heterocycles. The van der Waals surface area contributed by atoms with Crippen LogP contribution in [0.25, 0.3) is 5.69 Å². The quantitative estimate of drug-likeness (QED) is 0.703. The van der Waals surface area contributed by atoms with Gasteiger partial charge in [0.2, 0.25) is 0 Å². The largest absolute Gasteiger partial charge is 0.303 e. The van der Waals surface area contributed by atoms with Gasteiger partial charge in [-0.3, -0.25) is 4.79 Å². The van der Waals surface area contributed by atoms with E-state index in [1.165, 1.54) is 36.1 Å². The normalized spacial score (nSPS) is 10.3. The molecule has 0 N–H and O–H groups in total. The summed E-state index contributed by atoms with van der Waals surface area (Å²) >= 11 is 0. The Morgan fingerprint density at radius 1 is 1.47 bits per heavy atom. The molecule has 0 amide bonds. The fourth-order valence-corrected chi connectivity index (χ4v) is 1.45. The van der Waals surface area contributed by atoms with Gasteiger partial charge in [0.15, 0.2) is 5.78 Å². The molecule has 0 saturated carbocycles. The third-order valence-corrected chi connectivity index (χ3v) is 2.13. The number of benzene rings is 1. The minimum absolute atomic E-state index is 0.168. The lowest BCUT2D eigenvalue weighted by Crippen LogP contribution is -2.04. The SMILES string of the molecule is CC(=O)c1cccc(F)c1-n1ccnc1. The molecule has 0 atom stereocenters. The Morgan fingerprint density at radius 2 is 2.27 bits per heavy atom. The lowest BCUT2D eigenvalue weighted by Gasteiger charge is -2.08. The molecule has 0 radical (unpaired) electrons. The summed E-state index contributed by atoms with van der Waals surface area (Å²) in [4.78, 5) is 15.1. The van der Waals surface area contributed by atoms with Gasteiger partial charge in [-0.05, 0) is 19.1 Å². The van der Waals surface area contributed by atoms with Gasteiger partial charge in [-0.2, -0.15) is 0 Å². The molecule has 0 aliphatic carbocycles. The molecule has 4 heteroatoms. The van der Waals surface area contributed by atoms with E-state index in [1.807, 2.05) is 0 Å². The molecule has 0 bridgehead atoms. The molecular weight excluding hydrogens is 195 g/mol. The first kappa shape index (κ1) is 9.58. The van der Waals surface area contributed by atoms with Crippen LogP contribution in [0.3, 0.4) is 0 Å². The molecule has 15 heavy (non-hydrogen) atoms. The van der Waals surface area contributed by atoms with Gasteiger partial charge in [-0.1, -0.05) is 6.07 Å². The summed E-state index contributed by atoms with van der Waals surface area (Å²) in [5.74, 6) is -0.598. The van der Waals surface area contributed by atoms with Crippen molar-refractivity contribution in [1.82, 2.24) is 9.55 Å². The standard InChI is InChI=1S/C11H9FN2O/c1-8(15)9-3-2-4-10(12)11(9)14-6-5-13-7-14/h2-7H,1H3. The highest BCUT2D eigenvalue weighted by atomic mass is 19.1. The first-order valence-electron chi connectivity index (χ1n) is 4.48. The van der Waals surface area contributed by atoms with Gasteiger partial charge in [0.05, 0.1) is 12.0 Å². The van der Waals surface area contributed by atoms with E-state index in [-0.39, 0.29) is 11.5 Å². The van der Waals surface area contributed by atoms with Gasteiger partial charge in [-0.25, -0.2) is 9.37 Å². The van der Waals surface area contributed by atoms with Crippen molar-refractivity contribution in [1.29, 1.82) is 0 Å². The van der Waals surface area contributed by atoms with Crippen molar-refractivity contribution >= 4 is 5.78 Å². The van der Waals surface area contributed by atoms with Gasteiger partial charge < -0.3 is 4.57 Å². The monoisotopic (exact) mass is 204 g/mol. The molecule has 2 rings (SSSR count). The summed E-state index contributed by atoms with van der Waals surface area (Å²) < 4.78 is 15.1. The van der Waals surface area contributed by atoms with E-state index in [0.717, 1.165) is 0 Å². The average molecular weight is 204 g/mol. The Morgan fingerprint density at radius 3 is 2.87 bits per heavy atom. The zero-order valence-electron chi connectivity index (χ0n) is 8.14. The first-order valence-corrected chi connectivity index (χ1v) is 4.48. The number of halogens is 1. The highest BCUT2D eigenvalue weighted by molar-refractivity contribution is 5.97. The Kier molecular flexibility index (Phi) is 2.33. The number of aromatic nitrogens is 2. The van der Waals surface area contributed by atoms with Gasteiger partial charge in [0.25, 0.3) is 0 Å². The van der Waals surface area contributed by atoms with Gasteiger partial charge in [-0.15, -0.1) is 0 Å². The summed E-state index contributed by atoms with van der Waals surface area (Å²) in [7, 11) is 0. The average Bonchev–Trinajstić information content (AvgIpc) is 2.70. The van der Waals surface area contributed by atoms with Crippen molar-refractivity contribution < 1.29 is 9.18 Å². The number of ketones is 1. The Labute approximate surface area is 86.2 Å². The van der Waals surface area contributed by atoms with E-state index in [1.54, 1.807) is 12.3 Å². The van der Waals surface area contributed by atoms with Crippen molar-refractivity contribution in [2.75, 3.05) is 0 Å². The predicted octanol–water partition coefficient (Wildman–Crippen LogP) is 2.21. The van der Waals surface area contributed by atoms with Gasteiger partial charge in [0.1, 0.15) is 5.82 Å². The Balaban J connectivity index is 2.68. The smallest absolute Gasteiger partial charge is 0.162 e. The van der Waals surface area contributed by atoms with E-state index in [0.29, 0.717) is 5.56 Å². The Hall–Kier alpha value is -1.97. The molecule has 2 aromatic rings. The molecule has 76 valence electrons. The summed E-state index contributed by atoms with van der Waals surface area (Å²) in [5.41, 5.74) is 0.607. The molecule has 0 spiro atoms. The van der Waals surface area contributed by atoms with Crippen LogP contribution in [0.15, 0.2) is 36.9 Å². The number of imidazole rings is 1. The summed E-state index contributed by atoms with van der Waals surface area (Å²) in [6, 6.07) is 4.44. The van der Waals surface area contributed by atoms with Crippen LogP contribution in [0.5, 0.6) is 0 Å². The number of carbonyl (C=O) groups excluding carboxylic acids is 1. The third kappa shape index (κ3) is 1.66. The summed E-state index contributed by atoms with van der Waals surface area (Å²) in [6.45, 7) is 1.41. The number of para-hydroxylation sites is 1. The maximum atomic E-state index is 13.6. The molecule has 1 aromatic carbocycles. The van der Waals surface area contributed by atoms with Crippen LogP contribution in [0, 0.1) is 5.82 Å². The van der Waals surface area contributed by atoms with Crippen molar-refractivity contribution in [2.45, 2.75) is 6.92 Å². The molecule has 0 fully saturated rings. The van der Waals surface area contributed by atoms with E-state index in [4.69, 9.17) is 0 Å². The summed E-state index contributed by atoms with van der Waals surface area (Å²) in [6.07, 6.45) is 4.60. The van der Waals surface area contributed by atoms with Gasteiger partial charge >= 0.3 is 0 Å². The second-order valence-corrected chi connectivity index (χ2v) is 3.16. The highest BCUT2D eigenvalue weighted by Gasteiger charge is 2.12. The van der Waals surface area contributed by atoms with Crippen LogP contribution in [-0.4, -0.2) is 15.3 Å². The maximum absolute atomic E-state index is 13.6. The maximum Gasteiger partial charge on any atom is 0.162 e. The fourth-order valence-electron chi connectivity index (χ4n) is 1.45. The van der Waals surface area contributed by atoms with Crippen molar-refractivity contribution in [3.8, 4) is 5.69 Å². The molecule has 1 aromatic heterocycles. The number of hydrogen-bond donors (Lipinski definition) is 0. The predicted molar refractivity (Wildman–Crippen MR) is 53.5 cm³/mol. The molecule has 0 aliphatic rings. The first-order chi connectivity index (χ1) is 7.20. The third-order valence-electron chi connectivity index (χ3n) is 2.13. The van der Waals surface area contributed by atoms with Crippen molar-refractivity contribution in [3.63, 3.8) is 0 Å². The lowest BCUT2D eigenvalue weighted by molar-refractivity contribution is 0.101. The topological polar surface area (TPSA) is 34.9 Å². The van der Waals surface area contributed by atoms with Crippen LogP contribution < -0.4 is 0 Å². The second-order valence-electron chi connectivity index (χ2n) is 3.16. The Bertz CT molecular complexity index is 491. The van der Waals surface area contributed by atoms with Crippen LogP contribution in [-0.2, 0) is 0 Å². The lowest BCUT2D eigenvalue weighted by atomic mass is 10.1. The number of Topliss-reactive ketones (excluding diaryl/α,β-unsaturated/α-hetero) is 1. The number of nitrogens with zero attached hydrogens (tertiary/aromatic N) is 2. The minimum Gasteiger partial charge on any atom is -0.303 e. The van der Waals surface area contributed by atoms with E-state index in [2.05, 4.69) is 4.98 Å². The highest BCUT2D eigenvalue weighted by Crippen LogP contribution is 2.18. The number of rotatable bonds is 2. The fraction of sp³-hybridized carbons (Fsp3) is 0.0909. The van der Waals surface area contributed by atoms with E-state index < -0.39 is 5.82 Å².